The molecule has 1 rings (SSSR count). The van der Waals surface area contributed by atoms with Crippen LogP contribution in [0.2, 0.25) is 5.02 Å². The highest BCUT2D eigenvalue weighted by Crippen LogP contribution is 2.15. The van der Waals surface area contributed by atoms with Gasteiger partial charge in [0.1, 0.15) is 0 Å². The molecule has 2 amide bonds. The maximum absolute atomic E-state index is 11.8. The minimum atomic E-state index is -0.969. The fourth-order valence-electron chi connectivity index (χ4n) is 1.44. The molecule has 1 unspecified atom stereocenters. The van der Waals surface area contributed by atoms with E-state index in [4.69, 9.17) is 16.7 Å². The summed E-state index contributed by atoms with van der Waals surface area (Å²) in [6, 6.07) is 6.71. The summed E-state index contributed by atoms with van der Waals surface area (Å²) in [5.74, 6) is -1.36. The molecule has 0 aliphatic heterocycles. The van der Waals surface area contributed by atoms with Crippen molar-refractivity contribution < 1.29 is 19.5 Å². The van der Waals surface area contributed by atoms with E-state index in [0.29, 0.717) is 10.7 Å². The lowest BCUT2D eigenvalue weighted by atomic mass is 10.3. The van der Waals surface area contributed by atoms with Crippen LogP contribution in [-0.4, -0.2) is 40.4 Å². The van der Waals surface area contributed by atoms with Crippen molar-refractivity contribution in [2.45, 2.75) is 18.6 Å². The maximum atomic E-state index is 11.8. The molecule has 8 heteroatoms. The summed E-state index contributed by atoms with van der Waals surface area (Å²) in [4.78, 5) is 33.8. The van der Waals surface area contributed by atoms with Gasteiger partial charge in [-0.15, -0.1) is 11.8 Å². The van der Waals surface area contributed by atoms with Crippen molar-refractivity contribution >= 4 is 46.8 Å². The standard InChI is InChI=1S/C14H17ClN2O4S/c1-9(14(21)16-7-6-13(19)20)22-8-12(18)17-11-4-2-10(15)3-5-11/h2-5,9H,6-8H2,1H3,(H,16,21)(H,17,18)(H,19,20). The van der Waals surface area contributed by atoms with Gasteiger partial charge in [-0.05, 0) is 31.2 Å². The third-order valence-corrected chi connectivity index (χ3v) is 3.99. The molecular formula is C14H17ClN2O4S. The molecule has 0 saturated heterocycles. The number of halogens is 1. The largest absolute Gasteiger partial charge is 0.481 e. The second-order valence-corrected chi connectivity index (χ2v) is 6.21. The van der Waals surface area contributed by atoms with Crippen LogP contribution in [0.3, 0.4) is 0 Å². The van der Waals surface area contributed by atoms with Gasteiger partial charge in [0.2, 0.25) is 11.8 Å². The van der Waals surface area contributed by atoms with E-state index >= 15 is 0 Å². The van der Waals surface area contributed by atoms with E-state index in [2.05, 4.69) is 10.6 Å². The Kier molecular flexibility index (Phi) is 7.76. The van der Waals surface area contributed by atoms with E-state index in [1.165, 1.54) is 11.8 Å². The summed E-state index contributed by atoms with van der Waals surface area (Å²) < 4.78 is 0. The highest BCUT2D eigenvalue weighted by Gasteiger charge is 2.15. The Balaban J connectivity index is 2.29. The summed E-state index contributed by atoms with van der Waals surface area (Å²) in [6.45, 7) is 1.74. The number of amides is 2. The monoisotopic (exact) mass is 344 g/mol. The first kappa shape index (κ1) is 18.3. The number of carbonyl (C=O) groups excluding carboxylic acids is 2. The van der Waals surface area contributed by atoms with Crippen LogP contribution >= 0.6 is 23.4 Å². The number of nitrogens with one attached hydrogen (secondary N) is 2. The SMILES string of the molecule is CC(SCC(=O)Nc1ccc(Cl)cc1)C(=O)NCCC(=O)O. The number of thioether (sulfide) groups is 1. The Labute approximate surface area is 137 Å². The fraction of sp³-hybridized carbons (Fsp3) is 0.357. The normalized spacial score (nSPS) is 11.5. The van der Waals surface area contributed by atoms with Crippen molar-refractivity contribution in [2.75, 3.05) is 17.6 Å². The molecule has 0 spiro atoms. The number of carboxylic acid groups (broad SMARTS) is 1. The van der Waals surface area contributed by atoms with Crippen molar-refractivity contribution in [3.05, 3.63) is 29.3 Å². The highest BCUT2D eigenvalue weighted by molar-refractivity contribution is 8.01. The molecule has 0 aromatic heterocycles. The molecule has 120 valence electrons. The lowest BCUT2D eigenvalue weighted by Crippen LogP contribution is -2.33. The molecule has 22 heavy (non-hydrogen) atoms. The van der Waals surface area contributed by atoms with Gasteiger partial charge < -0.3 is 15.7 Å². The fourth-order valence-corrected chi connectivity index (χ4v) is 2.28. The third-order valence-electron chi connectivity index (χ3n) is 2.60. The minimum absolute atomic E-state index is 0.0794. The molecule has 0 saturated carbocycles. The predicted molar refractivity (Wildman–Crippen MR) is 87.3 cm³/mol. The van der Waals surface area contributed by atoms with Gasteiger partial charge in [-0.3, -0.25) is 14.4 Å². The second kappa shape index (κ2) is 9.32. The zero-order chi connectivity index (χ0) is 16.5. The van der Waals surface area contributed by atoms with E-state index in [1.54, 1.807) is 31.2 Å². The molecule has 0 aliphatic carbocycles. The number of hydrogen-bond donors (Lipinski definition) is 3. The lowest BCUT2D eigenvalue weighted by Gasteiger charge is -2.11. The van der Waals surface area contributed by atoms with E-state index in [-0.39, 0.29) is 30.5 Å². The highest BCUT2D eigenvalue weighted by atomic mass is 35.5. The van der Waals surface area contributed by atoms with E-state index in [1.807, 2.05) is 0 Å². The van der Waals surface area contributed by atoms with Gasteiger partial charge in [-0.2, -0.15) is 0 Å². The van der Waals surface area contributed by atoms with Gasteiger partial charge in [0.25, 0.3) is 0 Å². The molecule has 0 aliphatic rings. The second-order valence-electron chi connectivity index (χ2n) is 4.44. The first-order chi connectivity index (χ1) is 10.4. The summed E-state index contributed by atoms with van der Waals surface area (Å²) in [7, 11) is 0. The molecule has 1 aromatic carbocycles. The van der Waals surface area contributed by atoms with Gasteiger partial charge in [0.15, 0.2) is 0 Å². The summed E-state index contributed by atoms with van der Waals surface area (Å²) >= 11 is 6.93. The maximum Gasteiger partial charge on any atom is 0.305 e. The van der Waals surface area contributed by atoms with E-state index < -0.39 is 11.2 Å². The van der Waals surface area contributed by atoms with Gasteiger partial charge in [0.05, 0.1) is 17.4 Å². The van der Waals surface area contributed by atoms with Crippen molar-refractivity contribution in [1.82, 2.24) is 5.32 Å². The average Bonchev–Trinajstić information content (AvgIpc) is 2.46. The number of carbonyl (C=O) groups is 3. The van der Waals surface area contributed by atoms with Crippen LogP contribution in [0.25, 0.3) is 0 Å². The Morgan fingerprint density at radius 1 is 1.27 bits per heavy atom. The van der Waals surface area contributed by atoms with Crippen molar-refractivity contribution in [2.24, 2.45) is 0 Å². The first-order valence-electron chi connectivity index (χ1n) is 6.55. The molecule has 3 N–H and O–H groups in total. The van der Waals surface area contributed by atoms with E-state index in [0.717, 1.165) is 0 Å². The quantitative estimate of drug-likeness (QED) is 0.670. The predicted octanol–water partition coefficient (Wildman–Crippen LogP) is 1.99. The van der Waals surface area contributed by atoms with Crippen LogP contribution in [-0.2, 0) is 14.4 Å². The molecule has 0 bridgehead atoms. The summed E-state index contributed by atoms with van der Waals surface area (Å²) in [5, 5.41) is 13.8. The smallest absolute Gasteiger partial charge is 0.305 e. The number of carboxylic acids is 1. The molecule has 1 atom stereocenters. The molecule has 0 fully saturated rings. The van der Waals surface area contributed by atoms with Gasteiger partial charge in [-0.25, -0.2) is 0 Å². The topological polar surface area (TPSA) is 95.5 Å². The van der Waals surface area contributed by atoms with Crippen LogP contribution in [0.4, 0.5) is 5.69 Å². The summed E-state index contributed by atoms with van der Waals surface area (Å²) in [5.41, 5.74) is 0.633. The first-order valence-corrected chi connectivity index (χ1v) is 7.97. The third kappa shape index (κ3) is 7.33. The minimum Gasteiger partial charge on any atom is -0.481 e. The number of rotatable bonds is 8. The Bertz CT molecular complexity index is 536. The Morgan fingerprint density at radius 3 is 2.50 bits per heavy atom. The Hall–Kier alpha value is -1.73. The molecular weight excluding hydrogens is 328 g/mol. The van der Waals surface area contributed by atoms with Crippen LogP contribution in [0.15, 0.2) is 24.3 Å². The lowest BCUT2D eigenvalue weighted by molar-refractivity contribution is -0.137. The number of benzene rings is 1. The zero-order valence-electron chi connectivity index (χ0n) is 12.0. The average molecular weight is 345 g/mol. The van der Waals surface area contributed by atoms with Crippen LogP contribution in [0.5, 0.6) is 0 Å². The van der Waals surface area contributed by atoms with Crippen LogP contribution < -0.4 is 10.6 Å². The zero-order valence-corrected chi connectivity index (χ0v) is 13.5. The number of aliphatic carboxylic acids is 1. The van der Waals surface area contributed by atoms with Gasteiger partial charge >= 0.3 is 5.97 Å². The number of anilines is 1. The molecule has 0 heterocycles. The molecule has 6 nitrogen and oxygen atoms in total. The van der Waals surface area contributed by atoms with Gasteiger partial charge in [0, 0.05) is 17.3 Å². The van der Waals surface area contributed by atoms with Crippen molar-refractivity contribution in [3.8, 4) is 0 Å². The molecule has 0 radical (unpaired) electrons. The summed E-state index contributed by atoms with van der Waals surface area (Å²) in [6.07, 6.45) is -0.125. The van der Waals surface area contributed by atoms with Crippen LogP contribution in [0, 0.1) is 0 Å². The van der Waals surface area contributed by atoms with Gasteiger partial charge in [-0.1, -0.05) is 11.6 Å². The Morgan fingerprint density at radius 2 is 1.91 bits per heavy atom. The molecule has 1 aromatic rings. The van der Waals surface area contributed by atoms with Crippen molar-refractivity contribution in [3.63, 3.8) is 0 Å². The van der Waals surface area contributed by atoms with E-state index in [9.17, 15) is 14.4 Å². The van der Waals surface area contributed by atoms with Crippen molar-refractivity contribution in [1.29, 1.82) is 0 Å². The van der Waals surface area contributed by atoms with Crippen LogP contribution in [0.1, 0.15) is 13.3 Å². The number of hydrogen-bond acceptors (Lipinski definition) is 4.